The second-order valence-electron chi connectivity index (χ2n) is 32.9. The molecule has 8 atom stereocenters. The fourth-order valence-electron chi connectivity index (χ4n) is 15.5. The zero-order valence-electron chi connectivity index (χ0n) is 79.3. The van der Waals surface area contributed by atoms with Gasteiger partial charge in [-0.05, 0) is 147 Å². The Hall–Kier alpha value is -8.49. The van der Waals surface area contributed by atoms with E-state index in [2.05, 4.69) is 262 Å². The molecule has 12 aromatic rings. The summed E-state index contributed by atoms with van der Waals surface area (Å²) >= 11 is 3.64. The van der Waals surface area contributed by atoms with Gasteiger partial charge in [0.2, 0.25) is 20.0 Å². The minimum absolute atomic E-state index is 0. The Balaban J connectivity index is 0.000000316. The van der Waals surface area contributed by atoms with E-state index in [9.17, 15) is 16.8 Å². The average molecular weight is 2130 g/mol. The SMILES string of the molecule is CC1=CCC(COCCN[C@H](c2ccccc2)[C@H](NS(=O)(=O)c2ccc(C)cc2)c2ccccc2)=CC1.CC1=CCC=C(COCCN[C@H](c2ccccc2)[C@H](NS(=O)(=O)c2ccc(C)cc2)c2ccccc2)C1.Cl.Cl.[CH2-]C(c1ccccc1)[C@H](NCCOCc1ccc(C)cc1)c1ccccc1.[CH2-]C(c1ccccc1)[C@H](NCCOCc1cccc(C)c1)c1ccccc1.[CH3-].[CH3-].[Cl][Ru+3].[Cl][Ru+3]. The van der Waals surface area contributed by atoms with Crippen LogP contribution in [0.1, 0.15) is 166 Å². The van der Waals surface area contributed by atoms with Crippen molar-refractivity contribution in [1.82, 2.24) is 30.7 Å². The van der Waals surface area contributed by atoms with Crippen molar-refractivity contribution in [3.8, 4) is 0 Å². The van der Waals surface area contributed by atoms with E-state index in [1.165, 1.54) is 66.8 Å². The van der Waals surface area contributed by atoms with Gasteiger partial charge in [0, 0.05) is 38.3 Å². The molecule has 136 heavy (non-hydrogen) atoms. The third-order valence-electron chi connectivity index (χ3n) is 22.7. The summed E-state index contributed by atoms with van der Waals surface area (Å²) in [5, 5.41) is 14.4. The van der Waals surface area contributed by atoms with Crippen LogP contribution in [0.3, 0.4) is 0 Å². The molecule has 0 aliphatic heterocycles. The Morgan fingerprint density at radius 3 is 0.934 bits per heavy atom. The van der Waals surface area contributed by atoms with Gasteiger partial charge < -0.3 is 68.9 Å². The monoisotopic (exact) mass is 2120 g/mol. The predicted molar refractivity (Wildman–Crippen MR) is 564 cm³/mol. The molecule has 12 aromatic carbocycles. The molecule has 0 bridgehead atoms. The summed E-state index contributed by atoms with van der Waals surface area (Å²) in [7, 11) is 1.61. The molecule has 14 nitrogen and oxygen atoms in total. The molecular weight excluding hydrogens is 1990 g/mol. The molecule has 0 heterocycles. The van der Waals surface area contributed by atoms with E-state index >= 15 is 0 Å². The van der Waals surface area contributed by atoms with Crippen LogP contribution >= 0.6 is 44.2 Å². The van der Waals surface area contributed by atoms with E-state index in [0.29, 0.717) is 65.9 Å². The molecule has 14 rings (SSSR count). The van der Waals surface area contributed by atoms with Crippen LogP contribution < -0.4 is 30.7 Å². The van der Waals surface area contributed by atoms with Crippen molar-refractivity contribution in [2.24, 2.45) is 0 Å². The molecule has 2 aliphatic carbocycles. The zero-order chi connectivity index (χ0) is 94.0. The first-order valence-corrected chi connectivity index (χ1v) is 52.3. The molecule has 2 aliphatic rings. The van der Waals surface area contributed by atoms with E-state index in [1.807, 2.05) is 218 Å². The van der Waals surface area contributed by atoms with E-state index in [-0.39, 0.29) is 85.5 Å². The Kier molecular flexibility index (Phi) is 57.4. The van der Waals surface area contributed by atoms with Gasteiger partial charge >= 0.3 is 54.0 Å². The normalized spacial score (nSPS) is 13.8. The van der Waals surface area contributed by atoms with Crippen molar-refractivity contribution in [3.63, 3.8) is 0 Å². The van der Waals surface area contributed by atoms with E-state index in [4.69, 9.17) is 18.9 Å². The fourth-order valence-corrected chi connectivity index (χ4v) is 18.0. The van der Waals surface area contributed by atoms with Crippen LogP contribution in [0.5, 0.6) is 0 Å². The number of nitrogens with one attached hydrogen (secondary N) is 6. The predicted octanol–water partition coefficient (Wildman–Crippen LogP) is 26.1. The van der Waals surface area contributed by atoms with Crippen molar-refractivity contribution in [2.75, 3.05) is 65.8 Å². The Bertz CT molecular complexity index is 5610. The summed E-state index contributed by atoms with van der Waals surface area (Å²) < 4.78 is 83.5. The molecule has 6 N–H and O–H groups in total. The minimum atomic E-state index is -3.77. The van der Waals surface area contributed by atoms with Crippen LogP contribution in [0, 0.1) is 56.4 Å². The van der Waals surface area contributed by atoms with Crippen LogP contribution in [0.15, 0.2) is 396 Å². The van der Waals surface area contributed by atoms with Gasteiger partial charge in [-0.25, -0.2) is 26.3 Å². The quantitative estimate of drug-likeness (QED) is 0.00925. The summed E-state index contributed by atoms with van der Waals surface area (Å²) in [5.74, 6) is 0.260. The van der Waals surface area contributed by atoms with E-state index in [1.54, 1.807) is 24.3 Å². The number of rotatable bonds is 42. The summed E-state index contributed by atoms with van der Waals surface area (Å²) in [6.45, 7) is 28.9. The van der Waals surface area contributed by atoms with Crippen molar-refractivity contribution < 1.29 is 70.4 Å². The molecule has 0 radical (unpaired) electrons. The topological polar surface area (TPSA) is 177 Å². The summed E-state index contributed by atoms with van der Waals surface area (Å²) in [5.41, 5.74) is 21.1. The Morgan fingerprint density at radius 2 is 0.603 bits per heavy atom. The zero-order valence-corrected chi connectivity index (χ0v) is 87.6. The summed E-state index contributed by atoms with van der Waals surface area (Å²) in [6, 6.07) is 111. The molecule has 724 valence electrons. The van der Waals surface area contributed by atoms with Crippen molar-refractivity contribution >= 4 is 64.2 Å². The Morgan fingerprint density at radius 1 is 0.301 bits per heavy atom. The van der Waals surface area contributed by atoms with Gasteiger partial charge in [-0.2, -0.15) is 0 Å². The number of aryl methyl sites for hydroxylation is 4. The number of sulfonamides is 2. The first kappa shape index (κ1) is 118. The van der Waals surface area contributed by atoms with Gasteiger partial charge in [-0.3, -0.25) is 0 Å². The van der Waals surface area contributed by atoms with Gasteiger partial charge in [-0.15, -0.1) is 36.6 Å². The van der Waals surface area contributed by atoms with Gasteiger partial charge in [0.05, 0.1) is 86.8 Å². The molecule has 0 amide bonds. The van der Waals surface area contributed by atoms with Crippen LogP contribution in [-0.4, -0.2) is 82.7 Å². The molecule has 0 spiro atoms. The standard InChI is InChI=1S/2C31H36N2O3S.2C25H28NO.2CH3.4ClH.2Ru/c1-24-16-18-29(19-17-24)37(34,35)33-31(28-14-7-4-8-15-28)30(27-12-5-3-6-13-27)32-20-21-36-23-26-11-9-10-25(2)22-26;1-24-13-17-26(18-14-24)23-36-22-21-32-30(27-9-5-3-6-10-27)31(28-11-7-4-8-12-28)33-37(34,35)29-19-15-25(2)16-20-29;1-20-10-9-11-22(18-20)19-27-17-16-26-25(24-14-7-4-8-15-24)21(2)23-12-5-3-6-13-23;1-20-13-15-22(16-14-20)19-27-18-17-26-25(24-11-7-4-8-12-24)21(2)23-9-5-3-6-10-23;;;;;;;;/h3-8,10-19,30-33H,9,20-23H2,1-2H3;3-13,15-16,18-20,30-33H,14,17,21-23H2,1-2H3;3-15,18,21,25-26H,2,16-17,19H2,1H3;3-16,21,25-26H,2,17-19H2,1H3;2*1H3;4*1H;;/q;;4*-1;;;;;2*+4/p-2/t2*30-,31-;2*21?,25-;;;;;;;;/m1100......../s1. The number of hydrogen-bond acceptors (Lipinski definition) is 12. The van der Waals surface area contributed by atoms with E-state index < -0.39 is 32.1 Å². The van der Waals surface area contributed by atoms with Crippen LogP contribution in [0.2, 0.25) is 0 Å². The number of halogens is 4. The molecule has 0 saturated heterocycles. The third-order valence-corrected chi connectivity index (χ3v) is 25.6. The molecule has 2 unspecified atom stereocenters. The van der Waals surface area contributed by atoms with Crippen LogP contribution in [-0.2, 0) is 86.8 Å². The summed E-state index contributed by atoms with van der Waals surface area (Å²) in [6.07, 6.45) is 12.9. The third kappa shape index (κ3) is 41.1. The number of allylic oxidation sites excluding steroid dienone is 6. The summed E-state index contributed by atoms with van der Waals surface area (Å²) in [4.78, 5) is 0.499. The van der Waals surface area contributed by atoms with E-state index in [0.717, 1.165) is 72.2 Å². The van der Waals surface area contributed by atoms with Gasteiger partial charge in [0.15, 0.2) is 0 Å². The fraction of sp³-hybridized carbons (Fsp3) is 0.263. The first-order valence-electron chi connectivity index (χ1n) is 44.9. The van der Waals surface area contributed by atoms with Gasteiger partial charge in [0.25, 0.3) is 0 Å². The van der Waals surface area contributed by atoms with Gasteiger partial charge in [0.1, 0.15) is 0 Å². The van der Waals surface area contributed by atoms with Crippen LogP contribution in [0.25, 0.3) is 0 Å². The average Bonchev–Trinajstić information content (AvgIpc) is 0.811. The Labute approximate surface area is 855 Å². The number of ether oxygens (including phenoxy) is 4. The maximum absolute atomic E-state index is 13.5. The van der Waals surface area contributed by atoms with Crippen LogP contribution in [0.4, 0.5) is 0 Å². The number of hydrogen-bond donors (Lipinski definition) is 6. The van der Waals surface area contributed by atoms with Crippen molar-refractivity contribution in [3.05, 3.63) is 493 Å². The molecule has 22 heteroatoms. The first-order chi connectivity index (χ1) is 64.3. The number of benzene rings is 12. The molecule has 0 fully saturated rings. The molecule has 0 aromatic heterocycles. The second kappa shape index (κ2) is 66.2. The maximum atomic E-state index is 13.5. The van der Waals surface area contributed by atoms with Crippen molar-refractivity contribution in [1.29, 1.82) is 0 Å². The van der Waals surface area contributed by atoms with Gasteiger partial charge in [-0.1, -0.05) is 384 Å². The second-order valence-corrected chi connectivity index (χ2v) is 36.3. The molecule has 0 saturated carbocycles. The van der Waals surface area contributed by atoms with Crippen molar-refractivity contribution in [2.45, 2.75) is 138 Å². The molecular formula is C114H136Cl4N6O8Ru2S2+2.